The molecule has 122 valence electrons. The van der Waals surface area contributed by atoms with E-state index in [1.54, 1.807) is 0 Å². The fraction of sp³-hybridized carbons (Fsp3) is 0.533. The minimum absolute atomic E-state index is 0.0581. The molecule has 1 aliphatic heterocycles. The number of carbonyl (C=O) groups is 1. The average Bonchev–Trinajstić information content (AvgIpc) is 2.47. The first-order valence-electron chi connectivity index (χ1n) is 7.06. The lowest BCUT2D eigenvalue weighted by Gasteiger charge is -2.36. The van der Waals surface area contributed by atoms with Crippen LogP contribution in [-0.2, 0) is 16.0 Å². The van der Waals surface area contributed by atoms with Crippen LogP contribution >= 0.6 is 0 Å². The van der Waals surface area contributed by atoms with Gasteiger partial charge in [-0.3, -0.25) is 4.79 Å². The van der Waals surface area contributed by atoms with E-state index in [0.29, 0.717) is 5.56 Å². The summed E-state index contributed by atoms with van der Waals surface area (Å²) in [6.07, 6.45) is -2.02. The lowest BCUT2D eigenvalue weighted by atomic mass is 10.1. The van der Waals surface area contributed by atoms with Gasteiger partial charge < -0.3 is 19.8 Å². The van der Waals surface area contributed by atoms with Gasteiger partial charge in [0.1, 0.15) is 6.10 Å². The Morgan fingerprint density at radius 2 is 2.09 bits per heavy atom. The van der Waals surface area contributed by atoms with Gasteiger partial charge in [-0.15, -0.1) is 0 Å². The highest BCUT2D eigenvalue weighted by atomic mass is 19.2. The number of hydrogen-bond acceptors (Lipinski definition) is 4. The third-order valence-corrected chi connectivity index (χ3v) is 3.69. The number of halogens is 2. The van der Waals surface area contributed by atoms with Crippen LogP contribution in [0.15, 0.2) is 18.2 Å². The minimum Gasteiger partial charge on any atom is -0.391 e. The van der Waals surface area contributed by atoms with Gasteiger partial charge in [-0.1, -0.05) is 6.07 Å². The topological polar surface area (TPSA) is 70.0 Å². The van der Waals surface area contributed by atoms with Gasteiger partial charge in [0.15, 0.2) is 17.9 Å². The van der Waals surface area contributed by atoms with E-state index in [-0.39, 0.29) is 31.8 Å². The number of nitrogens with zero attached hydrogens (tertiary/aromatic N) is 1. The Labute approximate surface area is 127 Å². The quantitative estimate of drug-likeness (QED) is 0.863. The summed E-state index contributed by atoms with van der Waals surface area (Å²) in [6.45, 7) is 0.0581. The Morgan fingerprint density at radius 3 is 2.73 bits per heavy atom. The second-order valence-electron chi connectivity index (χ2n) is 5.43. The van der Waals surface area contributed by atoms with E-state index in [4.69, 9.17) is 4.74 Å². The van der Waals surface area contributed by atoms with Crippen molar-refractivity contribution in [2.24, 2.45) is 0 Å². The van der Waals surface area contributed by atoms with Gasteiger partial charge in [-0.05, 0) is 24.1 Å². The summed E-state index contributed by atoms with van der Waals surface area (Å²) in [7, 11) is 1.50. The van der Waals surface area contributed by atoms with Gasteiger partial charge in [-0.25, -0.2) is 8.78 Å². The summed E-state index contributed by atoms with van der Waals surface area (Å²) < 4.78 is 31.2. The molecule has 1 saturated heterocycles. The number of aryl methyl sites for hydroxylation is 1. The van der Waals surface area contributed by atoms with Gasteiger partial charge in [0, 0.05) is 19.9 Å². The maximum absolute atomic E-state index is 13.1. The number of likely N-dealkylation sites (N-methyl/N-ethyl adjacent to an activating group) is 1. The number of carbonyl (C=O) groups excluding carboxylic acids is 1. The lowest BCUT2D eigenvalue weighted by molar-refractivity contribution is -0.185. The highest BCUT2D eigenvalue weighted by Crippen LogP contribution is 2.18. The highest BCUT2D eigenvalue weighted by Gasteiger charge is 2.33. The number of rotatable bonds is 4. The van der Waals surface area contributed by atoms with Crippen LogP contribution in [-0.4, -0.2) is 53.1 Å². The minimum atomic E-state index is -0.957. The molecule has 0 aromatic heterocycles. The molecule has 1 aromatic carbocycles. The molecule has 22 heavy (non-hydrogen) atoms. The van der Waals surface area contributed by atoms with Gasteiger partial charge in [-0.2, -0.15) is 0 Å². The standard InChI is InChI=1S/C15H19F2NO4/c1-18(15-13(20)7-10(19)8-22-15)14(21)5-3-9-2-4-11(16)12(17)6-9/h2,4,6,10,13,15,19-20H,3,5,7-8H2,1H3/t10-,13-,15-/m1/s1. The second-order valence-corrected chi connectivity index (χ2v) is 5.43. The van der Waals surface area contributed by atoms with Crippen molar-refractivity contribution in [3.8, 4) is 0 Å². The molecule has 0 bridgehead atoms. The lowest BCUT2D eigenvalue weighted by Crippen LogP contribution is -2.51. The van der Waals surface area contributed by atoms with Crippen LogP contribution in [0.5, 0.6) is 0 Å². The van der Waals surface area contributed by atoms with Crippen molar-refractivity contribution in [1.29, 1.82) is 0 Å². The van der Waals surface area contributed by atoms with Gasteiger partial charge in [0.05, 0.1) is 12.7 Å². The number of amides is 1. The van der Waals surface area contributed by atoms with Crippen molar-refractivity contribution >= 4 is 5.91 Å². The van der Waals surface area contributed by atoms with Crippen LogP contribution in [0.2, 0.25) is 0 Å². The largest absolute Gasteiger partial charge is 0.391 e. The third kappa shape index (κ3) is 4.00. The van der Waals surface area contributed by atoms with E-state index < -0.39 is 30.1 Å². The first-order valence-corrected chi connectivity index (χ1v) is 7.06. The summed E-state index contributed by atoms with van der Waals surface area (Å²) in [4.78, 5) is 13.4. The molecule has 0 spiro atoms. The normalized spacial score (nSPS) is 25.0. The monoisotopic (exact) mass is 315 g/mol. The van der Waals surface area contributed by atoms with Gasteiger partial charge >= 0.3 is 0 Å². The summed E-state index contributed by atoms with van der Waals surface area (Å²) in [5.74, 6) is -2.16. The molecule has 3 atom stereocenters. The molecule has 1 fully saturated rings. The van der Waals surface area contributed by atoms with Crippen LogP contribution < -0.4 is 0 Å². The molecular formula is C15H19F2NO4. The Hall–Kier alpha value is -1.57. The summed E-state index contributed by atoms with van der Waals surface area (Å²) in [5.41, 5.74) is 0.515. The molecule has 7 heteroatoms. The zero-order valence-corrected chi connectivity index (χ0v) is 12.2. The molecular weight excluding hydrogens is 296 g/mol. The second kappa shape index (κ2) is 7.13. The smallest absolute Gasteiger partial charge is 0.224 e. The van der Waals surface area contributed by atoms with Crippen LogP contribution in [0.4, 0.5) is 8.78 Å². The Morgan fingerprint density at radius 1 is 1.36 bits per heavy atom. The zero-order chi connectivity index (χ0) is 16.3. The molecule has 2 N–H and O–H groups in total. The van der Waals surface area contributed by atoms with Gasteiger partial charge in [0.2, 0.25) is 5.91 Å². The van der Waals surface area contributed by atoms with E-state index in [9.17, 15) is 23.8 Å². The average molecular weight is 315 g/mol. The van der Waals surface area contributed by atoms with E-state index in [0.717, 1.165) is 12.1 Å². The first-order chi connectivity index (χ1) is 10.4. The van der Waals surface area contributed by atoms with Crippen LogP contribution in [0.25, 0.3) is 0 Å². The molecule has 0 saturated carbocycles. The number of aliphatic hydroxyl groups excluding tert-OH is 2. The van der Waals surface area contributed by atoms with E-state index >= 15 is 0 Å². The van der Waals surface area contributed by atoms with E-state index in [1.165, 1.54) is 18.0 Å². The predicted octanol–water partition coefficient (Wildman–Crippen LogP) is 0.824. The third-order valence-electron chi connectivity index (χ3n) is 3.69. The van der Waals surface area contributed by atoms with Crippen LogP contribution in [0.1, 0.15) is 18.4 Å². The molecule has 1 amide bonds. The fourth-order valence-electron chi connectivity index (χ4n) is 2.42. The molecule has 1 heterocycles. The van der Waals surface area contributed by atoms with Crippen LogP contribution in [0.3, 0.4) is 0 Å². The Kier molecular flexibility index (Phi) is 5.44. The predicted molar refractivity (Wildman–Crippen MR) is 73.8 cm³/mol. The number of hydrogen-bond donors (Lipinski definition) is 2. The van der Waals surface area contributed by atoms with Crippen molar-refractivity contribution < 1.29 is 28.5 Å². The van der Waals surface area contributed by atoms with Crippen molar-refractivity contribution in [1.82, 2.24) is 4.90 Å². The fourth-order valence-corrected chi connectivity index (χ4v) is 2.42. The molecule has 0 aliphatic carbocycles. The van der Waals surface area contributed by atoms with Crippen LogP contribution in [0, 0.1) is 11.6 Å². The summed E-state index contributed by atoms with van der Waals surface area (Å²) >= 11 is 0. The van der Waals surface area contributed by atoms with Crippen molar-refractivity contribution in [3.63, 3.8) is 0 Å². The van der Waals surface area contributed by atoms with Crippen molar-refractivity contribution in [2.75, 3.05) is 13.7 Å². The molecule has 5 nitrogen and oxygen atoms in total. The zero-order valence-electron chi connectivity index (χ0n) is 12.2. The summed E-state index contributed by atoms with van der Waals surface area (Å²) in [5, 5.41) is 19.2. The van der Waals surface area contributed by atoms with Gasteiger partial charge in [0.25, 0.3) is 0 Å². The number of benzene rings is 1. The number of aliphatic hydroxyl groups is 2. The number of ether oxygens (including phenoxy) is 1. The maximum Gasteiger partial charge on any atom is 0.224 e. The highest BCUT2D eigenvalue weighted by molar-refractivity contribution is 5.76. The van der Waals surface area contributed by atoms with Crippen molar-refractivity contribution in [2.45, 2.75) is 37.7 Å². The molecule has 2 rings (SSSR count). The van der Waals surface area contributed by atoms with E-state index in [1.807, 2.05) is 0 Å². The first kappa shape index (κ1) is 16.8. The van der Waals surface area contributed by atoms with Crippen molar-refractivity contribution in [3.05, 3.63) is 35.4 Å². The molecule has 1 aromatic rings. The molecule has 1 aliphatic rings. The maximum atomic E-state index is 13.1. The molecule has 0 radical (unpaired) electrons. The van der Waals surface area contributed by atoms with E-state index in [2.05, 4.69) is 0 Å². The SMILES string of the molecule is CN(C(=O)CCc1ccc(F)c(F)c1)[C@@H]1OC[C@H](O)C[C@H]1O. The molecule has 0 unspecified atom stereocenters. The Bertz CT molecular complexity index is 540. The Balaban J connectivity index is 1.89. The summed E-state index contributed by atoms with van der Waals surface area (Å²) in [6, 6.07) is 3.51.